The quantitative estimate of drug-likeness (QED) is 0.492. The molecule has 39 heavy (non-hydrogen) atoms. The Morgan fingerprint density at radius 1 is 1.23 bits per heavy atom. The number of hydrogen-bond acceptors (Lipinski definition) is 6. The van der Waals surface area contributed by atoms with Gasteiger partial charge in [0, 0.05) is 25.1 Å². The lowest BCUT2D eigenvalue weighted by Gasteiger charge is -2.34. The van der Waals surface area contributed by atoms with Gasteiger partial charge in [0.25, 0.3) is 0 Å². The second-order valence-electron chi connectivity index (χ2n) is 11.5. The summed E-state index contributed by atoms with van der Waals surface area (Å²) in [5, 5.41) is 21.6. The van der Waals surface area contributed by atoms with Crippen molar-refractivity contribution in [1.82, 2.24) is 25.2 Å². The SMILES string of the molecule is CCC(CNC(=O)[C@@H]1C[C@@H](O)CN1C(=O)[C@@H](n1cc(C2CC2)nn1)C(C)(C)C)Oc1cccc(C(F)(F)F)c1. The van der Waals surface area contributed by atoms with E-state index < -0.39 is 47.4 Å². The van der Waals surface area contributed by atoms with Gasteiger partial charge >= 0.3 is 6.18 Å². The second-order valence-corrected chi connectivity index (χ2v) is 11.5. The molecule has 2 heterocycles. The third kappa shape index (κ3) is 6.90. The van der Waals surface area contributed by atoms with Gasteiger partial charge in [0.05, 0.1) is 23.9 Å². The van der Waals surface area contributed by atoms with Gasteiger partial charge in [0.15, 0.2) is 0 Å². The Balaban J connectivity index is 1.44. The minimum atomic E-state index is -4.49. The number of aliphatic hydroxyl groups is 1. The predicted molar refractivity (Wildman–Crippen MR) is 136 cm³/mol. The molecule has 1 aliphatic heterocycles. The van der Waals surface area contributed by atoms with Gasteiger partial charge in [0.1, 0.15) is 23.9 Å². The minimum Gasteiger partial charge on any atom is -0.489 e. The van der Waals surface area contributed by atoms with Gasteiger partial charge < -0.3 is 20.1 Å². The summed E-state index contributed by atoms with van der Waals surface area (Å²) in [6.45, 7) is 7.55. The van der Waals surface area contributed by atoms with E-state index in [1.165, 1.54) is 17.0 Å². The van der Waals surface area contributed by atoms with Crippen molar-refractivity contribution in [2.24, 2.45) is 5.41 Å². The number of hydrogen-bond donors (Lipinski definition) is 2. The predicted octanol–water partition coefficient (Wildman–Crippen LogP) is 3.70. The van der Waals surface area contributed by atoms with Crippen molar-refractivity contribution in [2.45, 2.75) is 89.8 Å². The highest BCUT2D eigenvalue weighted by molar-refractivity contribution is 5.90. The molecule has 12 heteroatoms. The van der Waals surface area contributed by atoms with Crippen LogP contribution in [0.4, 0.5) is 13.2 Å². The second kappa shape index (κ2) is 11.1. The number of aliphatic hydroxyl groups excluding tert-OH is 1. The Morgan fingerprint density at radius 2 is 1.95 bits per heavy atom. The number of β-amino-alcohol motifs (C(OH)–C–C–N with tert-alkyl or cyclic N) is 1. The third-order valence-electron chi connectivity index (χ3n) is 7.13. The summed E-state index contributed by atoms with van der Waals surface area (Å²) < 4.78 is 46.4. The zero-order valence-corrected chi connectivity index (χ0v) is 22.6. The molecule has 1 saturated carbocycles. The number of likely N-dealkylation sites (tertiary alicyclic amines) is 1. The lowest BCUT2D eigenvalue weighted by atomic mass is 9.85. The summed E-state index contributed by atoms with van der Waals surface area (Å²) in [4.78, 5) is 28.4. The van der Waals surface area contributed by atoms with Crippen LogP contribution in [0.15, 0.2) is 30.5 Å². The van der Waals surface area contributed by atoms with Crippen LogP contribution in [0.25, 0.3) is 0 Å². The maximum atomic E-state index is 13.8. The maximum absolute atomic E-state index is 13.8. The lowest BCUT2D eigenvalue weighted by molar-refractivity contribution is -0.144. The Labute approximate surface area is 225 Å². The van der Waals surface area contributed by atoms with E-state index in [1.807, 2.05) is 20.8 Å². The van der Waals surface area contributed by atoms with Crippen molar-refractivity contribution in [3.05, 3.63) is 41.7 Å². The molecule has 1 unspecified atom stereocenters. The molecular weight excluding hydrogens is 515 g/mol. The number of ether oxygens (including phenoxy) is 1. The van der Waals surface area contributed by atoms with Crippen LogP contribution < -0.4 is 10.1 Å². The van der Waals surface area contributed by atoms with Crippen LogP contribution >= 0.6 is 0 Å². The van der Waals surface area contributed by atoms with Crippen LogP contribution in [-0.4, -0.2) is 68.2 Å². The number of alkyl halides is 3. The fourth-order valence-corrected chi connectivity index (χ4v) is 4.87. The number of halogens is 3. The molecule has 1 aromatic carbocycles. The van der Waals surface area contributed by atoms with E-state index in [0.717, 1.165) is 30.7 Å². The summed E-state index contributed by atoms with van der Waals surface area (Å²) in [7, 11) is 0. The Morgan fingerprint density at radius 3 is 2.56 bits per heavy atom. The average Bonchev–Trinajstić information content (AvgIpc) is 3.47. The van der Waals surface area contributed by atoms with E-state index in [-0.39, 0.29) is 31.2 Å². The van der Waals surface area contributed by atoms with Crippen molar-refractivity contribution in [2.75, 3.05) is 13.1 Å². The van der Waals surface area contributed by atoms with Gasteiger partial charge in [-0.3, -0.25) is 9.59 Å². The summed E-state index contributed by atoms with van der Waals surface area (Å²) in [6, 6.07) is 2.94. The summed E-state index contributed by atoms with van der Waals surface area (Å²) in [5.41, 5.74) is -0.524. The molecular formula is C27H36F3N5O4. The lowest BCUT2D eigenvalue weighted by Crippen LogP contribution is -2.51. The first-order chi connectivity index (χ1) is 18.3. The van der Waals surface area contributed by atoms with E-state index in [0.29, 0.717) is 12.3 Å². The molecule has 0 spiro atoms. The molecule has 0 radical (unpaired) electrons. The van der Waals surface area contributed by atoms with Gasteiger partial charge in [0.2, 0.25) is 11.8 Å². The average molecular weight is 552 g/mol. The number of carbonyl (C=O) groups is 2. The van der Waals surface area contributed by atoms with E-state index in [9.17, 15) is 27.9 Å². The van der Waals surface area contributed by atoms with Crippen molar-refractivity contribution in [3.8, 4) is 5.75 Å². The smallest absolute Gasteiger partial charge is 0.416 e. The van der Waals surface area contributed by atoms with Crippen molar-refractivity contribution in [1.29, 1.82) is 0 Å². The fraction of sp³-hybridized carbons (Fsp3) is 0.630. The Hall–Kier alpha value is -3.15. The van der Waals surface area contributed by atoms with Gasteiger partial charge in [-0.1, -0.05) is 39.0 Å². The summed E-state index contributed by atoms with van der Waals surface area (Å²) >= 11 is 0. The summed E-state index contributed by atoms with van der Waals surface area (Å²) in [6.07, 6.45) is -1.57. The molecule has 2 aromatic rings. The molecule has 0 bridgehead atoms. The molecule has 2 aliphatic rings. The first-order valence-electron chi connectivity index (χ1n) is 13.3. The highest BCUT2D eigenvalue weighted by atomic mass is 19.4. The molecule has 1 aliphatic carbocycles. The fourth-order valence-electron chi connectivity index (χ4n) is 4.87. The summed E-state index contributed by atoms with van der Waals surface area (Å²) in [5.74, 6) is -0.383. The third-order valence-corrected chi connectivity index (χ3v) is 7.13. The van der Waals surface area contributed by atoms with E-state index in [2.05, 4.69) is 15.6 Å². The maximum Gasteiger partial charge on any atom is 0.416 e. The number of benzene rings is 1. The molecule has 1 saturated heterocycles. The minimum absolute atomic E-state index is 0.00558. The highest BCUT2D eigenvalue weighted by Gasteiger charge is 2.45. The van der Waals surface area contributed by atoms with Crippen molar-refractivity contribution >= 4 is 11.8 Å². The topological polar surface area (TPSA) is 110 Å². The highest BCUT2D eigenvalue weighted by Crippen LogP contribution is 2.40. The van der Waals surface area contributed by atoms with Crippen molar-refractivity contribution < 1.29 is 32.6 Å². The first kappa shape index (κ1) is 28.8. The van der Waals surface area contributed by atoms with Crippen LogP contribution in [0.1, 0.15) is 76.6 Å². The van der Waals surface area contributed by atoms with Crippen molar-refractivity contribution in [3.63, 3.8) is 0 Å². The van der Waals surface area contributed by atoms with E-state index >= 15 is 0 Å². The molecule has 2 N–H and O–H groups in total. The Bertz CT molecular complexity index is 1170. The number of aromatic nitrogens is 3. The van der Waals surface area contributed by atoms with Gasteiger partial charge in [-0.2, -0.15) is 13.2 Å². The van der Waals surface area contributed by atoms with Crippen LogP contribution in [0.2, 0.25) is 0 Å². The molecule has 1 aromatic heterocycles. The molecule has 4 rings (SSSR count). The largest absolute Gasteiger partial charge is 0.489 e. The van der Waals surface area contributed by atoms with Gasteiger partial charge in [-0.05, 0) is 42.9 Å². The van der Waals surface area contributed by atoms with Crippen LogP contribution in [0, 0.1) is 5.41 Å². The van der Waals surface area contributed by atoms with Gasteiger partial charge in [-0.25, -0.2) is 4.68 Å². The van der Waals surface area contributed by atoms with E-state index in [1.54, 1.807) is 17.8 Å². The molecule has 2 amide bonds. The number of rotatable bonds is 9. The van der Waals surface area contributed by atoms with Gasteiger partial charge in [-0.15, -0.1) is 5.10 Å². The van der Waals surface area contributed by atoms with Crippen LogP contribution in [-0.2, 0) is 15.8 Å². The number of nitrogens with one attached hydrogen (secondary N) is 1. The number of nitrogens with zero attached hydrogens (tertiary/aromatic N) is 4. The normalized spacial score (nSPS) is 21.5. The first-order valence-corrected chi connectivity index (χ1v) is 13.3. The Kier molecular flexibility index (Phi) is 8.25. The molecule has 4 atom stereocenters. The number of amides is 2. The monoisotopic (exact) mass is 551 g/mol. The number of carbonyl (C=O) groups excluding carboxylic acids is 2. The zero-order valence-electron chi connectivity index (χ0n) is 22.6. The molecule has 214 valence electrons. The van der Waals surface area contributed by atoms with Crippen LogP contribution in [0.5, 0.6) is 5.75 Å². The zero-order chi connectivity index (χ0) is 28.5. The molecule has 9 nitrogen and oxygen atoms in total. The standard InChI is InChI=1S/C27H36F3N5O4/c1-5-19(39-20-8-6-7-17(11-20)27(28,29)30)13-31-24(37)22-12-18(36)14-34(22)25(38)23(26(2,3)4)35-15-21(32-33-35)16-9-10-16/h6-8,11,15-16,18-19,22-23,36H,5,9-10,12-14H2,1-4H3,(H,31,37)/t18-,19?,22+,23-/m1/s1. The molecule has 2 fully saturated rings. The van der Waals surface area contributed by atoms with Crippen LogP contribution in [0.3, 0.4) is 0 Å². The van der Waals surface area contributed by atoms with E-state index in [4.69, 9.17) is 4.74 Å².